The Kier molecular flexibility index (Phi) is 4.75. The van der Waals surface area contributed by atoms with Crippen molar-refractivity contribution < 1.29 is 9.84 Å². The summed E-state index contributed by atoms with van der Waals surface area (Å²) < 4.78 is 7.82. The van der Waals surface area contributed by atoms with Crippen LogP contribution in [0.15, 0.2) is 48.5 Å². The standard InChI is InChI=1S/C30H35N3O2/c1-20-25-16-30(34)28-14-23-10-11-24(35-2)15-26(23)29(30,12-13-32(28)18-22-8-9-22)17-27(25)31-33(20)19-21-6-4-3-5-7-21/h3-7,10-11,15,22,28,34H,8-9,12-14,16-19H2,1-2H3/t28-,29-,30-/m1/s1. The zero-order chi connectivity index (χ0) is 23.8. The minimum atomic E-state index is -0.794. The van der Waals surface area contributed by atoms with Gasteiger partial charge in [0.15, 0.2) is 0 Å². The molecule has 1 aromatic heterocycles. The fourth-order valence-corrected chi connectivity index (χ4v) is 7.47. The summed E-state index contributed by atoms with van der Waals surface area (Å²) >= 11 is 0. The second-order valence-electron chi connectivity index (χ2n) is 11.4. The zero-order valence-electron chi connectivity index (χ0n) is 20.8. The Labute approximate surface area is 207 Å². The summed E-state index contributed by atoms with van der Waals surface area (Å²) in [6, 6.07) is 17.3. The van der Waals surface area contributed by atoms with E-state index in [1.54, 1.807) is 7.11 Å². The van der Waals surface area contributed by atoms with Gasteiger partial charge < -0.3 is 9.84 Å². The van der Waals surface area contributed by atoms with E-state index in [1.807, 2.05) is 0 Å². The van der Waals surface area contributed by atoms with Gasteiger partial charge in [0, 0.05) is 36.5 Å². The predicted molar refractivity (Wildman–Crippen MR) is 136 cm³/mol. The number of fused-ring (bicyclic) bond motifs is 2. The summed E-state index contributed by atoms with van der Waals surface area (Å²) in [5, 5.41) is 18.0. The first-order valence-electron chi connectivity index (χ1n) is 13.2. The van der Waals surface area contributed by atoms with E-state index in [0.29, 0.717) is 6.42 Å². The molecule has 1 saturated heterocycles. The van der Waals surface area contributed by atoms with E-state index in [0.717, 1.165) is 50.6 Å². The number of hydrogen-bond donors (Lipinski definition) is 1. The fourth-order valence-electron chi connectivity index (χ4n) is 7.47. The smallest absolute Gasteiger partial charge is 0.119 e. The summed E-state index contributed by atoms with van der Waals surface area (Å²) in [4.78, 5) is 2.64. The van der Waals surface area contributed by atoms with Crippen molar-refractivity contribution in [1.82, 2.24) is 14.7 Å². The van der Waals surface area contributed by atoms with Crippen LogP contribution in [0.2, 0.25) is 0 Å². The Balaban J connectivity index is 1.35. The Morgan fingerprint density at radius 3 is 2.71 bits per heavy atom. The maximum absolute atomic E-state index is 12.8. The normalized spacial score (nSPS) is 29.3. The molecule has 1 N–H and O–H groups in total. The van der Waals surface area contributed by atoms with Crippen LogP contribution in [0.25, 0.3) is 0 Å². The van der Waals surface area contributed by atoms with Gasteiger partial charge in [0.2, 0.25) is 0 Å². The molecular weight excluding hydrogens is 434 g/mol. The van der Waals surface area contributed by atoms with E-state index in [-0.39, 0.29) is 11.5 Å². The molecule has 2 heterocycles. The van der Waals surface area contributed by atoms with Crippen molar-refractivity contribution in [3.63, 3.8) is 0 Å². The van der Waals surface area contributed by atoms with E-state index in [4.69, 9.17) is 9.84 Å². The first kappa shape index (κ1) is 21.6. The highest BCUT2D eigenvalue weighted by atomic mass is 16.5. The van der Waals surface area contributed by atoms with E-state index in [9.17, 15) is 5.11 Å². The average Bonchev–Trinajstić information content (AvgIpc) is 3.64. The van der Waals surface area contributed by atoms with Crippen LogP contribution in [-0.2, 0) is 31.2 Å². The van der Waals surface area contributed by atoms with Crippen molar-refractivity contribution in [2.75, 3.05) is 20.2 Å². The first-order valence-corrected chi connectivity index (χ1v) is 13.2. The SMILES string of the molecule is COc1ccc2c(c1)[C@]13CCN(CC4CC4)[C@H](C2)[C@]1(O)Cc1c(nn(Cc2ccccc2)c1C)C3. The number of hydrogen-bond acceptors (Lipinski definition) is 4. The Morgan fingerprint density at radius 1 is 1.11 bits per heavy atom. The van der Waals surface area contributed by atoms with Gasteiger partial charge in [-0.3, -0.25) is 9.58 Å². The van der Waals surface area contributed by atoms with Gasteiger partial charge in [0.1, 0.15) is 5.75 Å². The van der Waals surface area contributed by atoms with Gasteiger partial charge in [-0.1, -0.05) is 36.4 Å². The molecule has 3 aliphatic carbocycles. The van der Waals surface area contributed by atoms with Crippen molar-refractivity contribution in [1.29, 1.82) is 0 Å². The Morgan fingerprint density at radius 2 is 1.94 bits per heavy atom. The summed E-state index contributed by atoms with van der Waals surface area (Å²) in [7, 11) is 1.74. The van der Waals surface area contributed by atoms with Crippen molar-refractivity contribution in [2.24, 2.45) is 5.92 Å². The number of benzene rings is 2. The molecule has 3 atom stereocenters. The number of ether oxygens (including phenoxy) is 1. The molecule has 5 nitrogen and oxygen atoms in total. The van der Waals surface area contributed by atoms with Gasteiger partial charge in [-0.25, -0.2) is 0 Å². The number of nitrogens with zero attached hydrogens (tertiary/aromatic N) is 3. The number of piperidine rings is 1. The minimum Gasteiger partial charge on any atom is -0.497 e. The summed E-state index contributed by atoms with van der Waals surface area (Å²) in [6.07, 6.45) is 6.06. The average molecular weight is 470 g/mol. The van der Waals surface area contributed by atoms with Gasteiger partial charge in [0.25, 0.3) is 0 Å². The number of aliphatic hydroxyl groups is 1. The third-order valence-electron chi connectivity index (χ3n) is 9.59. The molecule has 2 bridgehead atoms. The van der Waals surface area contributed by atoms with Crippen LogP contribution in [-0.4, -0.2) is 51.6 Å². The predicted octanol–water partition coefficient (Wildman–Crippen LogP) is 4.06. The molecule has 0 spiro atoms. The summed E-state index contributed by atoms with van der Waals surface area (Å²) in [6.45, 7) is 5.15. The van der Waals surface area contributed by atoms with Crippen molar-refractivity contribution in [2.45, 2.75) is 69.1 Å². The molecule has 35 heavy (non-hydrogen) atoms. The second-order valence-corrected chi connectivity index (χ2v) is 11.4. The lowest BCUT2D eigenvalue weighted by Crippen LogP contribution is -2.74. The molecule has 2 aromatic carbocycles. The van der Waals surface area contributed by atoms with Gasteiger partial charge in [-0.2, -0.15) is 5.10 Å². The highest BCUT2D eigenvalue weighted by molar-refractivity contribution is 5.52. The lowest BCUT2D eigenvalue weighted by atomic mass is 9.49. The summed E-state index contributed by atoms with van der Waals surface area (Å²) in [5.74, 6) is 1.70. The second kappa shape index (κ2) is 7.68. The van der Waals surface area contributed by atoms with Crippen molar-refractivity contribution in [3.8, 4) is 5.75 Å². The molecule has 4 aliphatic rings. The highest BCUT2D eigenvalue weighted by Crippen LogP contribution is 2.58. The molecule has 2 fully saturated rings. The molecule has 5 heteroatoms. The van der Waals surface area contributed by atoms with Gasteiger partial charge in [0.05, 0.1) is 24.9 Å². The number of methoxy groups -OCH3 is 1. The van der Waals surface area contributed by atoms with Crippen LogP contribution in [0.1, 0.15) is 52.9 Å². The zero-order valence-corrected chi connectivity index (χ0v) is 20.8. The van der Waals surface area contributed by atoms with Crippen LogP contribution >= 0.6 is 0 Å². The molecule has 1 saturated carbocycles. The van der Waals surface area contributed by atoms with Crippen LogP contribution in [0, 0.1) is 12.8 Å². The van der Waals surface area contributed by atoms with Gasteiger partial charge in [-0.05, 0) is 79.5 Å². The van der Waals surface area contributed by atoms with Gasteiger partial charge in [-0.15, -0.1) is 0 Å². The Hall–Kier alpha value is -2.63. The van der Waals surface area contributed by atoms with E-state index < -0.39 is 5.60 Å². The maximum atomic E-state index is 12.8. The molecule has 0 amide bonds. The molecular formula is C30H35N3O2. The lowest BCUT2D eigenvalue weighted by Gasteiger charge is -2.63. The van der Waals surface area contributed by atoms with Crippen LogP contribution < -0.4 is 4.74 Å². The minimum absolute atomic E-state index is 0.155. The highest BCUT2D eigenvalue weighted by Gasteiger charge is 2.65. The summed E-state index contributed by atoms with van der Waals surface area (Å²) in [5.41, 5.74) is 6.47. The molecule has 7 rings (SSSR count). The quantitative estimate of drug-likeness (QED) is 0.612. The van der Waals surface area contributed by atoms with Crippen molar-refractivity contribution >= 4 is 0 Å². The molecule has 3 aromatic rings. The maximum Gasteiger partial charge on any atom is 0.119 e. The third kappa shape index (κ3) is 3.17. The van der Waals surface area contributed by atoms with Crippen molar-refractivity contribution in [3.05, 3.63) is 82.2 Å². The van der Waals surface area contributed by atoms with Crippen LogP contribution in [0.5, 0.6) is 5.75 Å². The van der Waals surface area contributed by atoms with Crippen LogP contribution in [0.3, 0.4) is 0 Å². The first-order chi connectivity index (χ1) is 17.0. The lowest BCUT2D eigenvalue weighted by molar-refractivity contribution is -0.152. The number of aromatic nitrogens is 2. The molecule has 1 aliphatic heterocycles. The van der Waals surface area contributed by atoms with Crippen LogP contribution in [0.4, 0.5) is 0 Å². The third-order valence-corrected chi connectivity index (χ3v) is 9.59. The largest absolute Gasteiger partial charge is 0.497 e. The Bertz CT molecular complexity index is 1280. The monoisotopic (exact) mass is 469 g/mol. The van der Waals surface area contributed by atoms with Gasteiger partial charge >= 0.3 is 0 Å². The fraction of sp³-hybridized carbons (Fsp3) is 0.500. The van der Waals surface area contributed by atoms with E-state index >= 15 is 0 Å². The number of rotatable bonds is 5. The van der Waals surface area contributed by atoms with E-state index in [2.05, 4.69) is 65.0 Å². The topological polar surface area (TPSA) is 50.5 Å². The molecule has 0 radical (unpaired) electrons. The number of likely N-dealkylation sites (tertiary alicyclic amines) is 1. The van der Waals surface area contributed by atoms with E-state index in [1.165, 1.54) is 46.5 Å². The molecule has 182 valence electrons. The molecule has 0 unspecified atom stereocenters.